The first-order chi connectivity index (χ1) is 8.08. The van der Waals surface area contributed by atoms with Gasteiger partial charge in [0.1, 0.15) is 0 Å². The summed E-state index contributed by atoms with van der Waals surface area (Å²) < 4.78 is 0. The number of carbonyl (C=O) groups is 1. The molecule has 0 heterocycles. The quantitative estimate of drug-likeness (QED) is 0.882. The number of amides is 1. The number of benzene rings is 1. The molecule has 2 unspecified atom stereocenters. The fraction of sp³-hybridized carbons (Fsp3) is 0.500. The first kappa shape index (κ1) is 15.0. The lowest BCUT2D eigenvalue weighted by Gasteiger charge is -2.12. The zero-order valence-electron chi connectivity index (χ0n) is 10.8. The summed E-state index contributed by atoms with van der Waals surface area (Å²) in [6, 6.07) is 7.78. The van der Waals surface area contributed by atoms with Crippen LogP contribution in [0.4, 0.5) is 5.69 Å². The maximum Gasteiger partial charge on any atom is 0.227 e. The molecule has 0 bridgehead atoms. The summed E-state index contributed by atoms with van der Waals surface area (Å²) in [4.78, 5) is 11.9. The predicted molar refractivity (Wildman–Crippen MR) is 76.8 cm³/mol. The zero-order valence-corrected chi connectivity index (χ0v) is 11.7. The monoisotopic (exact) mass is 268 g/mol. The summed E-state index contributed by atoms with van der Waals surface area (Å²) in [7, 11) is 0. The minimum Gasteiger partial charge on any atom is -0.326 e. The van der Waals surface area contributed by atoms with Crippen LogP contribution in [0.2, 0.25) is 0 Å². The fourth-order valence-corrected chi connectivity index (χ4v) is 1.94. The molecule has 3 N–H and O–H groups in total. The van der Waals surface area contributed by atoms with Crippen molar-refractivity contribution in [2.24, 2.45) is 17.6 Å². The lowest BCUT2D eigenvalue weighted by Crippen LogP contribution is -2.21. The van der Waals surface area contributed by atoms with Crippen LogP contribution in [-0.2, 0) is 4.79 Å². The lowest BCUT2D eigenvalue weighted by atomic mass is 10.1. The number of nitrogens with two attached hydrogens (primary N) is 1. The van der Waals surface area contributed by atoms with Crippen LogP contribution in [0.5, 0.6) is 0 Å². The molecule has 1 aliphatic rings. The van der Waals surface area contributed by atoms with Gasteiger partial charge in [0, 0.05) is 17.6 Å². The predicted octanol–water partition coefficient (Wildman–Crippen LogP) is 3.11. The topological polar surface area (TPSA) is 55.1 Å². The third-order valence-corrected chi connectivity index (χ3v) is 3.45. The van der Waals surface area contributed by atoms with Crippen LogP contribution >= 0.6 is 12.4 Å². The van der Waals surface area contributed by atoms with E-state index in [1.54, 1.807) is 0 Å². The first-order valence-electron chi connectivity index (χ1n) is 6.24. The van der Waals surface area contributed by atoms with Gasteiger partial charge in [-0.2, -0.15) is 0 Å². The van der Waals surface area contributed by atoms with Crippen molar-refractivity contribution in [3.8, 4) is 0 Å². The number of rotatable bonds is 4. The average Bonchev–Trinajstić information content (AvgIpc) is 3.12. The SMILES string of the molecule is CC(N)c1ccc(NC(=O)C(C)C2CC2)cc1.Cl. The Balaban J connectivity index is 0.00000162. The smallest absolute Gasteiger partial charge is 0.227 e. The molecule has 2 rings (SSSR count). The normalized spacial score (nSPS) is 17.5. The van der Waals surface area contributed by atoms with Crippen molar-refractivity contribution in [2.45, 2.75) is 32.7 Å². The molecule has 0 aliphatic heterocycles. The van der Waals surface area contributed by atoms with Gasteiger partial charge >= 0.3 is 0 Å². The van der Waals surface area contributed by atoms with E-state index in [-0.39, 0.29) is 30.3 Å². The van der Waals surface area contributed by atoms with Crippen LogP contribution in [0.25, 0.3) is 0 Å². The molecule has 1 fully saturated rings. The largest absolute Gasteiger partial charge is 0.326 e. The molecule has 0 spiro atoms. The van der Waals surface area contributed by atoms with Gasteiger partial charge in [-0.15, -0.1) is 12.4 Å². The van der Waals surface area contributed by atoms with Gasteiger partial charge in [-0.05, 0) is 43.4 Å². The summed E-state index contributed by atoms with van der Waals surface area (Å²) in [5, 5.41) is 2.95. The van der Waals surface area contributed by atoms with Gasteiger partial charge in [-0.1, -0.05) is 19.1 Å². The van der Waals surface area contributed by atoms with Crippen molar-refractivity contribution in [3.63, 3.8) is 0 Å². The van der Waals surface area contributed by atoms with Crippen LogP contribution in [0.1, 0.15) is 38.3 Å². The van der Waals surface area contributed by atoms with E-state index in [0.29, 0.717) is 5.92 Å². The minimum absolute atomic E-state index is 0. The lowest BCUT2D eigenvalue weighted by molar-refractivity contribution is -0.119. The highest BCUT2D eigenvalue weighted by Gasteiger charge is 2.32. The highest BCUT2D eigenvalue weighted by atomic mass is 35.5. The summed E-state index contributed by atoms with van der Waals surface area (Å²) >= 11 is 0. The Labute approximate surface area is 115 Å². The molecule has 1 saturated carbocycles. The third kappa shape index (κ3) is 3.72. The maximum atomic E-state index is 11.9. The van der Waals surface area contributed by atoms with E-state index in [2.05, 4.69) is 5.32 Å². The first-order valence-corrected chi connectivity index (χ1v) is 6.24. The van der Waals surface area contributed by atoms with Crippen molar-refractivity contribution in [1.82, 2.24) is 0 Å². The summed E-state index contributed by atoms with van der Waals surface area (Å²) in [6.45, 7) is 3.95. The molecule has 100 valence electrons. The van der Waals surface area contributed by atoms with Gasteiger partial charge in [0.15, 0.2) is 0 Å². The molecule has 1 amide bonds. The Kier molecular flexibility index (Phi) is 5.17. The van der Waals surface area contributed by atoms with Crippen molar-refractivity contribution in [2.75, 3.05) is 5.32 Å². The zero-order chi connectivity index (χ0) is 12.4. The second-order valence-electron chi connectivity index (χ2n) is 5.03. The Bertz CT molecular complexity index is 399. The number of hydrogen-bond donors (Lipinski definition) is 2. The van der Waals surface area contributed by atoms with Crippen LogP contribution in [0, 0.1) is 11.8 Å². The molecule has 0 radical (unpaired) electrons. The van der Waals surface area contributed by atoms with Crippen molar-refractivity contribution < 1.29 is 4.79 Å². The maximum absolute atomic E-state index is 11.9. The number of hydrogen-bond acceptors (Lipinski definition) is 2. The van der Waals surface area contributed by atoms with Crippen molar-refractivity contribution in [1.29, 1.82) is 0 Å². The Morgan fingerprint density at radius 2 is 1.83 bits per heavy atom. The standard InChI is InChI=1S/C14H20N2O.ClH/c1-9(11-3-4-11)14(17)16-13-7-5-12(6-8-13)10(2)15;/h5-11H,3-4,15H2,1-2H3,(H,16,17);1H. The highest BCUT2D eigenvalue weighted by molar-refractivity contribution is 5.92. The van der Waals surface area contributed by atoms with E-state index in [1.807, 2.05) is 38.1 Å². The minimum atomic E-state index is 0. The number of halogens is 1. The molecular formula is C14H21ClN2O. The third-order valence-electron chi connectivity index (χ3n) is 3.45. The molecule has 4 heteroatoms. The Morgan fingerprint density at radius 1 is 1.28 bits per heavy atom. The Hall–Kier alpha value is -1.06. The van der Waals surface area contributed by atoms with Crippen molar-refractivity contribution in [3.05, 3.63) is 29.8 Å². The fourth-order valence-electron chi connectivity index (χ4n) is 1.94. The second kappa shape index (κ2) is 6.21. The van der Waals surface area contributed by atoms with E-state index in [1.165, 1.54) is 12.8 Å². The summed E-state index contributed by atoms with van der Waals surface area (Å²) in [5.74, 6) is 0.850. The second-order valence-corrected chi connectivity index (χ2v) is 5.03. The van der Waals surface area contributed by atoms with Crippen LogP contribution < -0.4 is 11.1 Å². The van der Waals surface area contributed by atoms with Gasteiger partial charge in [-0.25, -0.2) is 0 Å². The van der Waals surface area contributed by atoms with E-state index in [9.17, 15) is 4.79 Å². The van der Waals surface area contributed by atoms with Crippen LogP contribution in [-0.4, -0.2) is 5.91 Å². The summed E-state index contributed by atoms with van der Waals surface area (Å²) in [5.41, 5.74) is 7.71. The van der Waals surface area contributed by atoms with Crippen LogP contribution in [0.15, 0.2) is 24.3 Å². The van der Waals surface area contributed by atoms with Gasteiger partial charge < -0.3 is 11.1 Å². The van der Waals surface area contributed by atoms with E-state index < -0.39 is 0 Å². The van der Waals surface area contributed by atoms with Gasteiger partial charge in [0.2, 0.25) is 5.91 Å². The highest BCUT2D eigenvalue weighted by Crippen LogP contribution is 2.37. The Morgan fingerprint density at radius 3 is 2.28 bits per heavy atom. The molecule has 0 aromatic heterocycles. The molecule has 3 nitrogen and oxygen atoms in total. The molecule has 1 aromatic rings. The molecule has 0 saturated heterocycles. The van der Waals surface area contributed by atoms with Crippen molar-refractivity contribution >= 4 is 24.0 Å². The molecule has 1 aliphatic carbocycles. The van der Waals surface area contributed by atoms with Gasteiger partial charge in [0.25, 0.3) is 0 Å². The van der Waals surface area contributed by atoms with E-state index in [0.717, 1.165) is 11.3 Å². The average molecular weight is 269 g/mol. The van der Waals surface area contributed by atoms with Gasteiger partial charge in [-0.3, -0.25) is 4.79 Å². The van der Waals surface area contributed by atoms with Gasteiger partial charge in [0.05, 0.1) is 0 Å². The van der Waals surface area contributed by atoms with E-state index >= 15 is 0 Å². The molecular weight excluding hydrogens is 248 g/mol. The van der Waals surface area contributed by atoms with Crippen LogP contribution in [0.3, 0.4) is 0 Å². The number of anilines is 1. The summed E-state index contributed by atoms with van der Waals surface area (Å²) in [6.07, 6.45) is 2.39. The van der Waals surface area contributed by atoms with E-state index in [4.69, 9.17) is 5.73 Å². The molecule has 2 atom stereocenters. The molecule has 1 aromatic carbocycles. The number of carbonyl (C=O) groups excluding carboxylic acids is 1. The molecule has 18 heavy (non-hydrogen) atoms. The number of nitrogens with one attached hydrogen (secondary N) is 1.